The van der Waals surface area contributed by atoms with Crippen molar-refractivity contribution in [2.24, 2.45) is 0 Å². The fraction of sp³-hybridized carbons (Fsp3) is 0.227. The maximum Gasteiger partial charge on any atom is 0.336 e. The van der Waals surface area contributed by atoms with Crippen molar-refractivity contribution in [3.05, 3.63) is 87.1 Å². The number of hydrogen-bond acceptors (Lipinski definition) is 6. The van der Waals surface area contributed by atoms with Crippen molar-refractivity contribution in [1.29, 1.82) is 0 Å². The van der Waals surface area contributed by atoms with Gasteiger partial charge in [0.05, 0.1) is 6.42 Å². The van der Waals surface area contributed by atoms with Gasteiger partial charge in [0, 0.05) is 17.2 Å². The summed E-state index contributed by atoms with van der Waals surface area (Å²) in [4.78, 5) is 12.0. The van der Waals surface area contributed by atoms with Gasteiger partial charge in [-0.2, -0.15) is 0 Å². The third kappa shape index (κ3) is 3.47. The highest BCUT2D eigenvalue weighted by molar-refractivity contribution is 7.98. The number of aryl methyl sites for hydroxylation is 2. The third-order valence-electron chi connectivity index (χ3n) is 5.04. The Morgan fingerprint density at radius 3 is 2.64 bits per heavy atom. The summed E-state index contributed by atoms with van der Waals surface area (Å²) < 4.78 is 11.2. The Kier molecular flexibility index (Phi) is 4.49. The summed E-state index contributed by atoms with van der Waals surface area (Å²) >= 11 is 1.44. The second-order valence-electron chi connectivity index (χ2n) is 6.97. The molecule has 5 nitrogen and oxygen atoms in total. The number of fused-ring (bicyclic) bond motifs is 2. The maximum atomic E-state index is 12.0. The van der Waals surface area contributed by atoms with E-state index in [2.05, 4.69) is 16.3 Å². The van der Waals surface area contributed by atoms with E-state index >= 15 is 0 Å². The minimum atomic E-state index is -0.323. The van der Waals surface area contributed by atoms with E-state index in [1.165, 1.54) is 22.9 Å². The Labute approximate surface area is 165 Å². The first kappa shape index (κ1) is 17.3. The van der Waals surface area contributed by atoms with Crippen molar-refractivity contribution >= 4 is 22.7 Å². The second kappa shape index (κ2) is 7.28. The molecule has 4 aromatic rings. The Hall–Kier alpha value is -2.86. The van der Waals surface area contributed by atoms with E-state index in [0.29, 0.717) is 28.9 Å². The van der Waals surface area contributed by atoms with Gasteiger partial charge < -0.3 is 8.83 Å². The molecule has 1 aliphatic rings. The summed E-state index contributed by atoms with van der Waals surface area (Å²) in [6.45, 7) is 0. The number of benzene rings is 2. The van der Waals surface area contributed by atoms with Gasteiger partial charge in [-0.05, 0) is 53.6 Å². The smallest absolute Gasteiger partial charge is 0.336 e. The Balaban J connectivity index is 1.37. The SMILES string of the molecule is O=c1cc(CSc2nnc(Cc3ccccc3)o2)c2cc3c(cc2o1)CCC3. The lowest BCUT2D eigenvalue weighted by Gasteiger charge is -2.07. The summed E-state index contributed by atoms with van der Waals surface area (Å²) in [7, 11) is 0. The van der Waals surface area contributed by atoms with Crippen LogP contribution in [-0.4, -0.2) is 10.2 Å². The van der Waals surface area contributed by atoms with Crippen LogP contribution in [0.1, 0.15) is 34.6 Å². The molecule has 2 aromatic heterocycles. The van der Waals surface area contributed by atoms with Gasteiger partial charge in [-0.1, -0.05) is 42.1 Å². The Bertz CT molecular complexity index is 1200. The monoisotopic (exact) mass is 390 g/mol. The first-order chi connectivity index (χ1) is 13.7. The zero-order valence-corrected chi connectivity index (χ0v) is 16.0. The minimum absolute atomic E-state index is 0.323. The van der Waals surface area contributed by atoms with Gasteiger partial charge in [-0.25, -0.2) is 4.79 Å². The van der Waals surface area contributed by atoms with Crippen molar-refractivity contribution in [2.45, 2.75) is 36.7 Å². The van der Waals surface area contributed by atoms with Crippen LogP contribution in [0.4, 0.5) is 0 Å². The van der Waals surface area contributed by atoms with Crippen LogP contribution in [0.3, 0.4) is 0 Å². The van der Waals surface area contributed by atoms with E-state index in [1.54, 1.807) is 6.07 Å². The highest BCUT2D eigenvalue weighted by Gasteiger charge is 2.16. The van der Waals surface area contributed by atoms with Crippen LogP contribution in [0.5, 0.6) is 0 Å². The topological polar surface area (TPSA) is 69.1 Å². The van der Waals surface area contributed by atoms with Gasteiger partial charge in [0.25, 0.3) is 5.22 Å². The molecule has 2 aromatic carbocycles. The number of nitrogens with zero attached hydrogens (tertiary/aromatic N) is 2. The van der Waals surface area contributed by atoms with Crippen LogP contribution in [0.25, 0.3) is 11.0 Å². The molecule has 0 spiro atoms. The molecule has 140 valence electrons. The summed E-state index contributed by atoms with van der Waals surface area (Å²) in [6, 6.07) is 15.8. The molecule has 0 radical (unpaired) electrons. The lowest BCUT2D eigenvalue weighted by molar-refractivity contribution is 0.420. The molecule has 0 saturated heterocycles. The molecule has 0 aliphatic heterocycles. The molecule has 0 fully saturated rings. The molecule has 5 rings (SSSR count). The molecule has 0 atom stereocenters. The Morgan fingerprint density at radius 2 is 1.79 bits per heavy atom. The molecule has 6 heteroatoms. The number of aromatic nitrogens is 2. The average molecular weight is 390 g/mol. The second-order valence-corrected chi connectivity index (χ2v) is 7.90. The molecule has 0 N–H and O–H groups in total. The largest absolute Gasteiger partial charge is 0.423 e. The van der Waals surface area contributed by atoms with E-state index in [-0.39, 0.29) is 5.63 Å². The quantitative estimate of drug-likeness (QED) is 0.368. The summed E-state index contributed by atoms with van der Waals surface area (Å²) in [6.07, 6.45) is 3.91. The molecule has 2 heterocycles. The van der Waals surface area contributed by atoms with Crippen LogP contribution >= 0.6 is 11.8 Å². The molecular formula is C22H18N2O3S. The lowest BCUT2D eigenvalue weighted by Crippen LogP contribution is -2.01. The molecule has 28 heavy (non-hydrogen) atoms. The van der Waals surface area contributed by atoms with Crippen molar-refractivity contribution in [1.82, 2.24) is 10.2 Å². The van der Waals surface area contributed by atoms with Crippen molar-refractivity contribution in [3.63, 3.8) is 0 Å². The van der Waals surface area contributed by atoms with Gasteiger partial charge in [0.1, 0.15) is 5.58 Å². The maximum absolute atomic E-state index is 12.0. The molecule has 0 amide bonds. The number of rotatable bonds is 5. The predicted octanol–water partition coefficient (Wildman–Crippen LogP) is 4.55. The molecule has 0 bridgehead atoms. The van der Waals surface area contributed by atoms with E-state index in [0.717, 1.165) is 35.8 Å². The van der Waals surface area contributed by atoms with Crippen molar-refractivity contribution in [2.75, 3.05) is 0 Å². The normalized spacial score (nSPS) is 13.1. The van der Waals surface area contributed by atoms with Crippen LogP contribution < -0.4 is 5.63 Å². The van der Waals surface area contributed by atoms with Gasteiger partial charge in [-0.15, -0.1) is 10.2 Å². The zero-order valence-electron chi connectivity index (χ0n) is 15.2. The van der Waals surface area contributed by atoms with Gasteiger partial charge >= 0.3 is 5.63 Å². The van der Waals surface area contributed by atoms with Gasteiger partial charge in [0.2, 0.25) is 5.89 Å². The zero-order chi connectivity index (χ0) is 18.9. The fourth-order valence-electron chi connectivity index (χ4n) is 3.69. The van der Waals surface area contributed by atoms with Gasteiger partial charge in [0.15, 0.2) is 0 Å². The highest BCUT2D eigenvalue weighted by atomic mass is 32.2. The fourth-order valence-corrected chi connectivity index (χ4v) is 4.46. The summed E-state index contributed by atoms with van der Waals surface area (Å²) in [5.74, 6) is 1.16. The van der Waals surface area contributed by atoms with Crippen LogP contribution in [0.15, 0.2) is 67.4 Å². The summed E-state index contributed by atoms with van der Waals surface area (Å²) in [5, 5.41) is 9.77. The first-order valence-electron chi connectivity index (χ1n) is 9.32. The van der Waals surface area contributed by atoms with E-state index in [4.69, 9.17) is 8.83 Å². The number of hydrogen-bond donors (Lipinski definition) is 0. The predicted molar refractivity (Wildman–Crippen MR) is 108 cm³/mol. The van der Waals surface area contributed by atoms with Crippen LogP contribution in [0, 0.1) is 0 Å². The third-order valence-corrected chi connectivity index (χ3v) is 5.91. The highest BCUT2D eigenvalue weighted by Crippen LogP contribution is 2.31. The van der Waals surface area contributed by atoms with E-state index in [9.17, 15) is 4.79 Å². The first-order valence-corrected chi connectivity index (χ1v) is 10.3. The Morgan fingerprint density at radius 1 is 0.964 bits per heavy atom. The van der Waals surface area contributed by atoms with E-state index < -0.39 is 0 Å². The summed E-state index contributed by atoms with van der Waals surface area (Å²) in [5.41, 5.74) is 5.06. The number of thioether (sulfide) groups is 1. The van der Waals surface area contributed by atoms with E-state index in [1.807, 2.05) is 36.4 Å². The van der Waals surface area contributed by atoms with Crippen LogP contribution in [0.2, 0.25) is 0 Å². The standard InChI is InChI=1S/C22H18N2O3S/c25-21-12-17(18-10-15-7-4-8-16(15)11-19(18)26-21)13-28-22-24-23-20(27-22)9-14-5-2-1-3-6-14/h1-3,5-6,10-12H,4,7-9,13H2. The lowest BCUT2D eigenvalue weighted by atomic mass is 10.0. The molecule has 0 saturated carbocycles. The average Bonchev–Trinajstić information content (AvgIpc) is 3.34. The van der Waals surface area contributed by atoms with Crippen molar-refractivity contribution in [3.8, 4) is 0 Å². The molecule has 1 aliphatic carbocycles. The molecule has 0 unspecified atom stereocenters. The van der Waals surface area contributed by atoms with Gasteiger partial charge in [-0.3, -0.25) is 0 Å². The minimum Gasteiger partial charge on any atom is -0.423 e. The molecular weight excluding hydrogens is 372 g/mol. The van der Waals surface area contributed by atoms with Crippen LogP contribution in [-0.2, 0) is 25.0 Å². The van der Waals surface area contributed by atoms with Crippen molar-refractivity contribution < 1.29 is 8.83 Å².